The molecular formula is C13H18O2S. The summed E-state index contributed by atoms with van der Waals surface area (Å²) >= 11 is 1.81. The van der Waals surface area contributed by atoms with Crippen molar-refractivity contribution < 1.29 is 9.53 Å². The van der Waals surface area contributed by atoms with Gasteiger partial charge in [-0.1, -0.05) is 19.1 Å². The van der Waals surface area contributed by atoms with E-state index in [-0.39, 0.29) is 5.78 Å². The van der Waals surface area contributed by atoms with Crippen molar-refractivity contribution >= 4 is 17.5 Å². The number of hydrogen-bond acceptors (Lipinski definition) is 3. The Morgan fingerprint density at radius 1 is 1.38 bits per heavy atom. The molecule has 0 fully saturated rings. The molecule has 1 atom stereocenters. The highest BCUT2D eigenvalue weighted by Gasteiger charge is 2.05. The molecule has 0 aliphatic heterocycles. The van der Waals surface area contributed by atoms with Crippen LogP contribution >= 0.6 is 11.8 Å². The third-order valence-electron chi connectivity index (χ3n) is 2.33. The average molecular weight is 238 g/mol. The minimum absolute atomic E-state index is 0.115. The molecule has 0 saturated heterocycles. The van der Waals surface area contributed by atoms with Gasteiger partial charge in [0.2, 0.25) is 0 Å². The summed E-state index contributed by atoms with van der Waals surface area (Å²) in [6.07, 6.45) is 1.04. The standard InChI is InChI=1S/C13H18O2S/c1-10(8-9-15-3)16-13-6-4-12(5-7-13)11(2)14/h4-7,10H,8-9H2,1-3H3. The summed E-state index contributed by atoms with van der Waals surface area (Å²) in [5.41, 5.74) is 0.772. The van der Waals surface area contributed by atoms with Crippen molar-refractivity contribution in [2.75, 3.05) is 13.7 Å². The van der Waals surface area contributed by atoms with Gasteiger partial charge in [0.25, 0.3) is 0 Å². The van der Waals surface area contributed by atoms with Crippen molar-refractivity contribution in [2.24, 2.45) is 0 Å². The number of ketones is 1. The summed E-state index contributed by atoms with van der Waals surface area (Å²) in [7, 11) is 1.72. The second kappa shape index (κ2) is 6.71. The first kappa shape index (κ1) is 13.3. The summed E-state index contributed by atoms with van der Waals surface area (Å²) in [4.78, 5) is 12.3. The molecular weight excluding hydrogens is 220 g/mol. The van der Waals surface area contributed by atoms with E-state index in [1.54, 1.807) is 14.0 Å². The van der Waals surface area contributed by atoms with Crippen LogP contribution in [-0.4, -0.2) is 24.7 Å². The Labute approximate surface area is 101 Å². The molecule has 1 aromatic rings. The molecule has 16 heavy (non-hydrogen) atoms. The Kier molecular flexibility index (Phi) is 5.56. The molecule has 3 heteroatoms. The number of rotatable bonds is 6. The number of carbonyl (C=O) groups excluding carboxylic acids is 1. The zero-order valence-electron chi connectivity index (χ0n) is 10.0. The molecule has 2 nitrogen and oxygen atoms in total. The minimum Gasteiger partial charge on any atom is -0.385 e. The maximum absolute atomic E-state index is 11.1. The van der Waals surface area contributed by atoms with Crippen molar-refractivity contribution in [2.45, 2.75) is 30.4 Å². The fraction of sp³-hybridized carbons (Fsp3) is 0.462. The first-order chi connectivity index (χ1) is 7.63. The molecule has 0 aliphatic carbocycles. The quantitative estimate of drug-likeness (QED) is 0.561. The van der Waals surface area contributed by atoms with Gasteiger partial charge in [-0.05, 0) is 25.5 Å². The number of ether oxygens (including phenoxy) is 1. The number of benzene rings is 1. The van der Waals surface area contributed by atoms with E-state index in [1.165, 1.54) is 4.90 Å². The van der Waals surface area contributed by atoms with Gasteiger partial charge in [0.15, 0.2) is 5.78 Å². The van der Waals surface area contributed by atoms with E-state index in [9.17, 15) is 4.79 Å². The fourth-order valence-electron chi connectivity index (χ4n) is 1.34. The SMILES string of the molecule is COCCC(C)Sc1ccc(C(C)=O)cc1. The number of methoxy groups -OCH3 is 1. The predicted molar refractivity (Wildman–Crippen MR) is 68.3 cm³/mol. The molecule has 0 amide bonds. The maximum atomic E-state index is 11.1. The van der Waals surface area contributed by atoms with Gasteiger partial charge in [0.1, 0.15) is 0 Å². The highest BCUT2D eigenvalue weighted by Crippen LogP contribution is 2.25. The van der Waals surface area contributed by atoms with Crippen molar-refractivity contribution in [1.29, 1.82) is 0 Å². The third kappa shape index (κ3) is 4.37. The Morgan fingerprint density at radius 2 is 2.00 bits per heavy atom. The van der Waals surface area contributed by atoms with Gasteiger partial charge in [-0.2, -0.15) is 0 Å². The smallest absolute Gasteiger partial charge is 0.159 e. The van der Waals surface area contributed by atoms with Crippen molar-refractivity contribution in [3.63, 3.8) is 0 Å². The van der Waals surface area contributed by atoms with Crippen molar-refractivity contribution in [1.82, 2.24) is 0 Å². The van der Waals surface area contributed by atoms with Gasteiger partial charge in [-0.3, -0.25) is 4.79 Å². The summed E-state index contributed by atoms with van der Waals surface area (Å²) in [6, 6.07) is 7.77. The molecule has 1 unspecified atom stereocenters. The van der Waals surface area contributed by atoms with E-state index < -0.39 is 0 Å². The first-order valence-corrected chi connectivity index (χ1v) is 6.28. The Hall–Kier alpha value is -0.800. The predicted octanol–water partition coefficient (Wildman–Crippen LogP) is 3.41. The van der Waals surface area contributed by atoms with Crippen LogP contribution < -0.4 is 0 Å². The van der Waals surface area contributed by atoms with E-state index >= 15 is 0 Å². The largest absolute Gasteiger partial charge is 0.385 e. The number of carbonyl (C=O) groups is 1. The molecule has 0 radical (unpaired) electrons. The van der Waals surface area contributed by atoms with Crippen LogP contribution in [0.5, 0.6) is 0 Å². The molecule has 0 saturated carbocycles. The van der Waals surface area contributed by atoms with Gasteiger partial charge in [0, 0.05) is 29.4 Å². The Morgan fingerprint density at radius 3 is 2.50 bits per heavy atom. The van der Waals surface area contributed by atoms with Crippen LogP contribution in [0, 0.1) is 0 Å². The number of thioether (sulfide) groups is 1. The van der Waals surface area contributed by atoms with E-state index in [0.29, 0.717) is 5.25 Å². The van der Waals surface area contributed by atoms with Crippen molar-refractivity contribution in [3.8, 4) is 0 Å². The van der Waals surface area contributed by atoms with E-state index in [0.717, 1.165) is 18.6 Å². The molecule has 0 N–H and O–H groups in total. The molecule has 0 heterocycles. The van der Waals surface area contributed by atoms with Gasteiger partial charge >= 0.3 is 0 Å². The monoisotopic (exact) mass is 238 g/mol. The zero-order chi connectivity index (χ0) is 12.0. The molecule has 1 rings (SSSR count). The highest BCUT2D eigenvalue weighted by atomic mass is 32.2. The fourth-order valence-corrected chi connectivity index (χ4v) is 2.32. The maximum Gasteiger partial charge on any atom is 0.159 e. The van der Waals surface area contributed by atoms with Crippen LogP contribution in [0.15, 0.2) is 29.2 Å². The number of hydrogen-bond donors (Lipinski definition) is 0. The lowest BCUT2D eigenvalue weighted by Gasteiger charge is -2.10. The summed E-state index contributed by atoms with van der Waals surface area (Å²) in [5, 5.41) is 0.531. The lowest BCUT2D eigenvalue weighted by atomic mass is 10.2. The minimum atomic E-state index is 0.115. The van der Waals surface area contributed by atoms with Crippen LogP contribution in [0.1, 0.15) is 30.6 Å². The van der Waals surface area contributed by atoms with Crippen LogP contribution in [0.4, 0.5) is 0 Å². The van der Waals surface area contributed by atoms with Gasteiger partial charge in [0.05, 0.1) is 0 Å². The van der Waals surface area contributed by atoms with Gasteiger partial charge in [-0.15, -0.1) is 11.8 Å². The van der Waals surface area contributed by atoms with E-state index in [2.05, 4.69) is 6.92 Å². The second-order valence-corrected chi connectivity index (χ2v) is 5.30. The van der Waals surface area contributed by atoms with Crippen LogP contribution in [0.2, 0.25) is 0 Å². The highest BCUT2D eigenvalue weighted by molar-refractivity contribution is 7.99. The Bertz CT molecular complexity index is 332. The van der Waals surface area contributed by atoms with E-state index in [4.69, 9.17) is 4.74 Å². The summed E-state index contributed by atoms with van der Waals surface area (Å²) < 4.78 is 5.04. The molecule has 1 aromatic carbocycles. The van der Waals surface area contributed by atoms with Crippen molar-refractivity contribution in [3.05, 3.63) is 29.8 Å². The number of Topliss-reactive ketones (excluding diaryl/α,β-unsaturated/α-hetero) is 1. The van der Waals surface area contributed by atoms with Crippen LogP contribution in [-0.2, 0) is 4.74 Å². The molecule has 88 valence electrons. The van der Waals surface area contributed by atoms with E-state index in [1.807, 2.05) is 36.0 Å². The second-order valence-electron chi connectivity index (χ2n) is 3.79. The summed E-state index contributed by atoms with van der Waals surface area (Å²) in [5.74, 6) is 0.115. The zero-order valence-corrected chi connectivity index (χ0v) is 10.8. The molecule has 0 aliphatic rings. The summed E-state index contributed by atoms with van der Waals surface area (Å²) in [6.45, 7) is 4.56. The molecule has 0 aromatic heterocycles. The topological polar surface area (TPSA) is 26.3 Å². The average Bonchev–Trinajstić information content (AvgIpc) is 2.27. The first-order valence-electron chi connectivity index (χ1n) is 5.40. The third-order valence-corrected chi connectivity index (χ3v) is 3.51. The lowest BCUT2D eigenvalue weighted by Crippen LogP contribution is -2.01. The molecule has 0 spiro atoms. The van der Waals surface area contributed by atoms with Gasteiger partial charge in [-0.25, -0.2) is 0 Å². The van der Waals surface area contributed by atoms with Gasteiger partial charge < -0.3 is 4.74 Å². The normalized spacial score (nSPS) is 12.4. The Balaban J connectivity index is 2.51. The molecule has 0 bridgehead atoms. The van der Waals surface area contributed by atoms with Crippen LogP contribution in [0.25, 0.3) is 0 Å². The lowest BCUT2D eigenvalue weighted by molar-refractivity contribution is 0.101. The van der Waals surface area contributed by atoms with Crippen LogP contribution in [0.3, 0.4) is 0 Å².